The molecule has 0 saturated heterocycles. The highest BCUT2D eigenvalue weighted by Gasteiger charge is 2.27. The van der Waals surface area contributed by atoms with Gasteiger partial charge < -0.3 is 25.4 Å². The predicted molar refractivity (Wildman–Crippen MR) is 123 cm³/mol. The molecule has 0 spiro atoms. The Morgan fingerprint density at radius 2 is 1.69 bits per heavy atom. The quantitative estimate of drug-likeness (QED) is 0.543. The van der Waals surface area contributed by atoms with E-state index in [2.05, 4.69) is 16.0 Å². The lowest BCUT2D eigenvalue weighted by atomic mass is 10.1. The van der Waals surface area contributed by atoms with Gasteiger partial charge in [-0.15, -0.1) is 0 Å². The van der Waals surface area contributed by atoms with Crippen molar-refractivity contribution in [3.63, 3.8) is 0 Å². The highest BCUT2D eigenvalue weighted by molar-refractivity contribution is 5.81. The summed E-state index contributed by atoms with van der Waals surface area (Å²) in [6.45, 7) is 5.47. The number of ether oxygens (including phenoxy) is 2. The van der Waals surface area contributed by atoms with Crippen LogP contribution in [0.1, 0.15) is 44.7 Å². The number of alkyl carbamates (subject to hydrolysis) is 1. The van der Waals surface area contributed by atoms with E-state index < -0.39 is 23.7 Å². The molecule has 1 unspecified atom stereocenters. The SMILES string of the molecule is CC(C)(C)OC(=O)N[C@@H](CCC1NC=C(c2ccccc2)N1)C(=O)OCc1ccccc1. The third-order valence-electron chi connectivity index (χ3n) is 4.79. The van der Waals surface area contributed by atoms with Crippen molar-refractivity contribution >= 4 is 17.8 Å². The van der Waals surface area contributed by atoms with Crippen LogP contribution in [0, 0.1) is 0 Å². The van der Waals surface area contributed by atoms with Gasteiger partial charge in [-0.05, 0) is 44.7 Å². The summed E-state index contributed by atoms with van der Waals surface area (Å²) in [7, 11) is 0. The van der Waals surface area contributed by atoms with Crippen LogP contribution in [0.3, 0.4) is 0 Å². The molecule has 1 aliphatic rings. The van der Waals surface area contributed by atoms with E-state index in [9.17, 15) is 9.59 Å². The van der Waals surface area contributed by atoms with Crippen molar-refractivity contribution in [2.45, 2.75) is 58.0 Å². The van der Waals surface area contributed by atoms with Crippen LogP contribution < -0.4 is 16.0 Å². The highest BCUT2D eigenvalue weighted by atomic mass is 16.6. The number of nitrogens with one attached hydrogen (secondary N) is 3. The summed E-state index contributed by atoms with van der Waals surface area (Å²) in [6.07, 6.45) is 2.19. The second-order valence-corrected chi connectivity index (χ2v) is 8.66. The zero-order chi connectivity index (χ0) is 23.0. The zero-order valence-corrected chi connectivity index (χ0v) is 18.8. The average molecular weight is 438 g/mol. The van der Waals surface area contributed by atoms with Crippen molar-refractivity contribution in [1.29, 1.82) is 0 Å². The summed E-state index contributed by atoms with van der Waals surface area (Å²) in [6, 6.07) is 18.6. The minimum absolute atomic E-state index is 0.0601. The van der Waals surface area contributed by atoms with Crippen LogP contribution in [0.2, 0.25) is 0 Å². The van der Waals surface area contributed by atoms with Crippen molar-refractivity contribution in [2.75, 3.05) is 0 Å². The van der Waals surface area contributed by atoms with E-state index in [0.717, 1.165) is 16.8 Å². The largest absolute Gasteiger partial charge is 0.459 e. The fourth-order valence-electron chi connectivity index (χ4n) is 3.26. The minimum atomic E-state index is -0.821. The molecular formula is C25H31N3O4. The number of hydrogen-bond acceptors (Lipinski definition) is 6. The first-order chi connectivity index (χ1) is 15.3. The van der Waals surface area contributed by atoms with E-state index in [1.165, 1.54) is 0 Å². The molecule has 0 aromatic heterocycles. The molecule has 1 aliphatic heterocycles. The Balaban J connectivity index is 1.56. The van der Waals surface area contributed by atoms with Gasteiger partial charge in [-0.2, -0.15) is 0 Å². The topological polar surface area (TPSA) is 88.7 Å². The highest BCUT2D eigenvalue weighted by Crippen LogP contribution is 2.17. The summed E-state index contributed by atoms with van der Waals surface area (Å²) in [5.41, 5.74) is 2.28. The number of benzene rings is 2. The third-order valence-corrected chi connectivity index (χ3v) is 4.79. The van der Waals surface area contributed by atoms with E-state index in [0.29, 0.717) is 12.8 Å². The van der Waals surface area contributed by atoms with Crippen LogP contribution in [-0.4, -0.2) is 29.9 Å². The first kappa shape index (κ1) is 23.2. The number of rotatable bonds is 8. The van der Waals surface area contributed by atoms with Gasteiger partial charge in [0.05, 0.1) is 11.9 Å². The fraction of sp³-hybridized carbons (Fsp3) is 0.360. The second-order valence-electron chi connectivity index (χ2n) is 8.66. The Kier molecular flexibility index (Phi) is 7.76. The molecule has 0 saturated carbocycles. The molecule has 0 bridgehead atoms. The molecule has 32 heavy (non-hydrogen) atoms. The Hall–Kier alpha value is -3.48. The fourth-order valence-corrected chi connectivity index (χ4v) is 3.26. The molecular weight excluding hydrogens is 406 g/mol. The van der Waals surface area contributed by atoms with Gasteiger partial charge in [-0.3, -0.25) is 0 Å². The molecule has 170 valence electrons. The van der Waals surface area contributed by atoms with Crippen LogP contribution in [0.5, 0.6) is 0 Å². The minimum Gasteiger partial charge on any atom is -0.459 e. The standard InChI is InChI=1S/C25H31N3O4/c1-25(2,3)32-24(30)28-20(23(29)31-17-18-10-6-4-7-11-18)14-15-22-26-16-21(27-22)19-12-8-5-9-13-19/h4-13,16,20,22,26-27H,14-15,17H2,1-3H3,(H,28,30)/t20-,22?/m0/s1. The maximum Gasteiger partial charge on any atom is 0.408 e. The number of esters is 1. The van der Waals surface area contributed by atoms with E-state index in [-0.39, 0.29) is 12.8 Å². The van der Waals surface area contributed by atoms with Gasteiger partial charge >= 0.3 is 12.1 Å². The predicted octanol–water partition coefficient (Wildman–Crippen LogP) is 3.92. The Morgan fingerprint density at radius 1 is 1.03 bits per heavy atom. The van der Waals surface area contributed by atoms with Gasteiger partial charge in [0.15, 0.2) is 0 Å². The molecule has 3 rings (SSSR count). The number of hydrogen-bond donors (Lipinski definition) is 3. The molecule has 0 radical (unpaired) electrons. The normalized spacial score (nSPS) is 16.2. The van der Waals surface area contributed by atoms with Crippen molar-refractivity contribution in [2.24, 2.45) is 0 Å². The lowest BCUT2D eigenvalue weighted by Crippen LogP contribution is -2.45. The molecule has 0 aliphatic carbocycles. The van der Waals surface area contributed by atoms with E-state index >= 15 is 0 Å². The van der Waals surface area contributed by atoms with Crippen LogP contribution in [0.15, 0.2) is 66.9 Å². The second kappa shape index (κ2) is 10.7. The zero-order valence-electron chi connectivity index (χ0n) is 18.8. The lowest BCUT2D eigenvalue weighted by Gasteiger charge is -2.24. The molecule has 3 N–H and O–H groups in total. The van der Waals surface area contributed by atoms with Crippen molar-refractivity contribution < 1.29 is 19.1 Å². The summed E-state index contributed by atoms with van der Waals surface area (Å²) in [4.78, 5) is 25.1. The molecule has 7 heteroatoms. The average Bonchev–Trinajstić information content (AvgIpc) is 3.24. The first-order valence-electron chi connectivity index (χ1n) is 10.8. The Morgan fingerprint density at radius 3 is 2.34 bits per heavy atom. The summed E-state index contributed by atoms with van der Waals surface area (Å²) in [5, 5.41) is 9.35. The molecule has 0 fully saturated rings. The molecule has 2 aromatic carbocycles. The van der Waals surface area contributed by atoms with Gasteiger partial charge in [-0.1, -0.05) is 60.7 Å². The van der Waals surface area contributed by atoms with E-state index in [4.69, 9.17) is 9.47 Å². The van der Waals surface area contributed by atoms with E-state index in [1.54, 1.807) is 20.8 Å². The lowest BCUT2D eigenvalue weighted by molar-refractivity contribution is -0.147. The van der Waals surface area contributed by atoms with Crippen LogP contribution in [0.25, 0.3) is 5.70 Å². The van der Waals surface area contributed by atoms with Gasteiger partial charge in [0.1, 0.15) is 18.2 Å². The van der Waals surface area contributed by atoms with Gasteiger partial charge in [0, 0.05) is 6.20 Å². The molecule has 2 atom stereocenters. The van der Waals surface area contributed by atoms with Gasteiger partial charge in [0.25, 0.3) is 0 Å². The maximum absolute atomic E-state index is 12.8. The third kappa shape index (κ3) is 7.34. The van der Waals surface area contributed by atoms with Crippen molar-refractivity contribution in [3.8, 4) is 0 Å². The molecule has 7 nitrogen and oxygen atoms in total. The summed E-state index contributed by atoms with van der Waals surface area (Å²) >= 11 is 0. The molecule has 1 heterocycles. The van der Waals surface area contributed by atoms with Gasteiger partial charge in [-0.25, -0.2) is 9.59 Å². The van der Waals surface area contributed by atoms with Crippen molar-refractivity contribution in [1.82, 2.24) is 16.0 Å². The summed E-state index contributed by atoms with van der Waals surface area (Å²) in [5.74, 6) is -0.492. The van der Waals surface area contributed by atoms with Gasteiger partial charge in [0.2, 0.25) is 0 Å². The number of carbonyl (C=O) groups is 2. The van der Waals surface area contributed by atoms with Crippen molar-refractivity contribution in [3.05, 3.63) is 78.0 Å². The molecule has 2 aromatic rings. The number of amides is 1. The van der Waals surface area contributed by atoms with Crippen LogP contribution in [0.4, 0.5) is 4.79 Å². The Labute approximate surface area is 189 Å². The van der Waals surface area contributed by atoms with E-state index in [1.807, 2.05) is 66.9 Å². The maximum atomic E-state index is 12.8. The number of carbonyl (C=O) groups excluding carboxylic acids is 2. The molecule has 1 amide bonds. The van der Waals surface area contributed by atoms with Crippen LogP contribution in [-0.2, 0) is 20.9 Å². The smallest absolute Gasteiger partial charge is 0.408 e. The first-order valence-corrected chi connectivity index (χ1v) is 10.8. The summed E-state index contributed by atoms with van der Waals surface area (Å²) < 4.78 is 10.8. The monoisotopic (exact) mass is 437 g/mol. The van der Waals surface area contributed by atoms with Crippen LogP contribution >= 0.6 is 0 Å². The Bertz CT molecular complexity index is 923.